The summed E-state index contributed by atoms with van der Waals surface area (Å²) in [7, 11) is 2.06. The molecule has 4 rings (SSSR count). The highest BCUT2D eigenvalue weighted by molar-refractivity contribution is 7.16. The van der Waals surface area contributed by atoms with Gasteiger partial charge in [0, 0.05) is 43.3 Å². The Kier molecular flexibility index (Phi) is 6.55. The van der Waals surface area contributed by atoms with Gasteiger partial charge in [-0.25, -0.2) is 4.99 Å². The predicted molar refractivity (Wildman–Crippen MR) is 134 cm³/mol. The molecule has 174 valence electrons. The van der Waals surface area contributed by atoms with Crippen LogP contribution in [0.5, 0.6) is 0 Å². The Morgan fingerprint density at radius 3 is 2.64 bits per heavy atom. The largest absolute Gasteiger partial charge is 0.363 e. The molecule has 1 saturated heterocycles. The number of piperazine rings is 1. The maximum atomic E-state index is 11.8. The van der Waals surface area contributed by atoms with Gasteiger partial charge in [0.25, 0.3) is 5.69 Å². The molecular formula is C25H31N5O2S. The lowest BCUT2D eigenvalue weighted by Crippen LogP contribution is -2.44. The van der Waals surface area contributed by atoms with E-state index < -0.39 is 0 Å². The van der Waals surface area contributed by atoms with Gasteiger partial charge in [-0.15, -0.1) is 11.3 Å². The molecule has 2 aliphatic rings. The first-order valence-corrected chi connectivity index (χ1v) is 12.3. The van der Waals surface area contributed by atoms with Gasteiger partial charge in [-0.2, -0.15) is 5.26 Å². The van der Waals surface area contributed by atoms with Crippen molar-refractivity contribution in [3.8, 4) is 6.07 Å². The fraction of sp³-hybridized carbons (Fsp3) is 0.520. The Labute approximate surface area is 199 Å². The lowest BCUT2D eigenvalue weighted by molar-refractivity contribution is -0.384. The number of thiophene rings is 1. The van der Waals surface area contributed by atoms with Gasteiger partial charge in [0.05, 0.1) is 10.5 Å². The van der Waals surface area contributed by atoms with Gasteiger partial charge in [0.2, 0.25) is 0 Å². The summed E-state index contributed by atoms with van der Waals surface area (Å²) in [4.78, 5) is 21.6. The van der Waals surface area contributed by atoms with Crippen LogP contribution in [0.2, 0.25) is 0 Å². The van der Waals surface area contributed by atoms with Crippen LogP contribution in [-0.4, -0.2) is 49.3 Å². The molecule has 0 radical (unpaired) electrons. The van der Waals surface area contributed by atoms with Crippen molar-refractivity contribution >= 4 is 33.9 Å². The van der Waals surface area contributed by atoms with E-state index in [0.717, 1.165) is 51.0 Å². The van der Waals surface area contributed by atoms with Gasteiger partial charge in [0.15, 0.2) is 0 Å². The summed E-state index contributed by atoms with van der Waals surface area (Å²) in [5.74, 6) is 0.594. The van der Waals surface area contributed by atoms with Gasteiger partial charge < -0.3 is 9.80 Å². The third-order valence-electron chi connectivity index (χ3n) is 6.95. The molecule has 0 unspecified atom stereocenters. The van der Waals surface area contributed by atoms with Crippen LogP contribution in [0.15, 0.2) is 23.2 Å². The highest BCUT2D eigenvalue weighted by Gasteiger charge is 2.32. The number of rotatable bonds is 4. The van der Waals surface area contributed by atoms with Crippen molar-refractivity contribution in [2.24, 2.45) is 16.3 Å². The molecule has 33 heavy (non-hydrogen) atoms. The average Bonchev–Trinajstić information content (AvgIpc) is 3.14. The number of anilines is 1. The Bertz CT molecular complexity index is 1120. The Hall–Kier alpha value is -2.76. The summed E-state index contributed by atoms with van der Waals surface area (Å²) in [6.45, 7) is 10.1. The van der Waals surface area contributed by atoms with E-state index in [1.807, 2.05) is 12.1 Å². The number of nitrogens with zero attached hydrogens (tertiary/aromatic N) is 5. The molecule has 0 amide bonds. The van der Waals surface area contributed by atoms with Crippen LogP contribution in [0, 0.1) is 32.8 Å². The molecule has 1 fully saturated rings. The first kappa shape index (κ1) is 23.4. The zero-order valence-electron chi connectivity index (χ0n) is 19.8. The Balaban J connectivity index is 1.60. The van der Waals surface area contributed by atoms with Crippen molar-refractivity contribution < 1.29 is 4.92 Å². The standard InChI is InChI=1S/C25H31N5O2S/c1-25(2,3)18-6-7-19-20(15-26)24(33-23(19)14-18)27-16-17-5-8-21(22(13-17)30(31)32)29-11-9-28(4)10-12-29/h5,8,13,16,18H,6-7,9-12,14H2,1-4H3/t18-/m1/s1. The normalized spacial score (nSPS) is 19.5. The number of benzene rings is 1. The summed E-state index contributed by atoms with van der Waals surface area (Å²) in [5, 5.41) is 22.3. The first-order valence-electron chi connectivity index (χ1n) is 11.5. The molecule has 0 spiro atoms. The second-order valence-electron chi connectivity index (χ2n) is 10.2. The van der Waals surface area contributed by atoms with E-state index in [0.29, 0.717) is 27.7 Å². The van der Waals surface area contributed by atoms with Crippen molar-refractivity contribution in [3.63, 3.8) is 0 Å². The number of nitriles is 1. The number of likely N-dealkylation sites (N-methyl/N-ethyl adjacent to an activating group) is 1. The van der Waals surface area contributed by atoms with E-state index in [1.54, 1.807) is 23.6 Å². The molecule has 0 saturated carbocycles. The van der Waals surface area contributed by atoms with Gasteiger partial charge in [0.1, 0.15) is 16.8 Å². The van der Waals surface area contributed by atoms with E-state index in [4.69, 9.17) is 0 Å². The number of aliphatic imine (C=N–C) groups is 1. The maximum absolute atomic E-state index is 11.8. The van der Waals surface area contributed by atoms with E-state index in [2.05, 4.69) is 48.7 Å². The fourth-order valence-corrected chi connectivity index (χ4v) is 5.95. The number of nitro benzene ring substituents is 1. The highest BCUT2D eigenvalue weighted by atomic mass is 32.1. The third kappa shape index (κ3) is 4.94. The van der Waals surface area contributed by atoms with E-state index >= 15 is 0 Å². The third-order valence-corrected chi connectivity index (χ3v) is 8.12. The molecule has 8 heteroatoms. The lowest BCUT2D eigenvalue weighted by atomic mass is 9.72. The van der Waals surface area contributed by atoms with Gasteiger partial charge in [-0.05, 0) is 54.8 Å². The Morgan fingerprint density at radius 1 is 1.27 bits per heavy atom. The van der Waals surface area contributed by atoms with E-state index in [1.165, 1.54) is 4.88 Å². The molecule has 1 atom stereocenters. The number of nitro groups is 1. The number of hydrogen-bond acceptors (Lipinski definition) is 7. The summed E-state index contributed by atoms with van der Waals surface area (Å²) in [6.07, 6.45) is 4.64. The topological polar surface area (TPSA) is 85.8 Å². The van der Waals surface area contributed by atoms with Crippen molar-refractivity contribution in [1.29, 1.82) is 5.26 Å². The molecule has 0 N–H and O–H groups in total. The van der Waals surface area contributed by atoms with Crippen molar-refractivity contribution in [2.45, 2.75) is 40.0 Å². The van der Waals surface area contributed by atoms with Gasteiger partial charge >= 0.3 is 0 Å². The van der Waals surface area contributed by atoms with Crippen LogP contribution in [0.4, 0.5) is 16.4 Å². The van der Waals surface area contributed by atoms with Crippen LogP contribution in [0.25, 0.3) is 0 Å². The van der Waals surface area contributed by atoms with Crippen LogP contribution < -0.4 is 4.90 Å². The van der Waals surface area contributed by atoms with E-state index in [-0.39, 0.29) is 16.0 Å². The molecule has 7 nitrogen and oxygen atoms in total. The zero-order chi connectivity index (χ0) is 23.8. The molecule has 1 aromatic heterocycles. The minimum Gasteiger partial charge on any atom is -0.363 e. The average molecular weight is 466 g/mol. The zero-order valence-corrected chi connectivity index (χ0v) is 20.6. The monoisotopic (exact) mass is 465 g/mol. The summed E-state index contributed by atoms with van der Waals surface area (Å²) < 4.78 is 0. The quantitative estimate of drug-likeness (QED) is 0.353. The smallest absolute Gasteiger partial charge is 0.293 e. The fourth-order valence-electron chi connectivity index (χ4n) is 4.73. The summed E-state index contributed by atoms with van der Waals surface area (Å²) in [5.41, 5.74) is 3.48. The minimum absolute atomic E-state index is 0.0995. The van der Waals surface area contributed by atoms with Crippen LogP contribution >= 0.6 is 11.3 Å². The number of hydrogen-bond donors (Lipinski definition) is 0. The molecule has 2 aromatic rings. The van der Waals surface area contributed by atoms with Crippen LogP contribution in [0.3, 0.4) is 0 Å². The van der Waals surface area contributed by atoms with Crippen LogP contribution in [0.1, 0.15) is 48.8 Å². The molecule has 1 aliphatic heterocycles. The van der Waals surface area contributed by atoms with Crippen molar-refractivity contribution in [1.82, 2.24) is 4.90 Å². The van der Waals surface area contributed by atoms with Gasteiger partial charge in [-0.3, -0.25) is 10.1 Å². The lowest BCUT2D eigenvalue weighted by Gasteiger charge is -2.33. The molecule has 1 aromatic carbocycles. The molecule has 1 aliphatic carbocycles. The molecule has 2 heterocycles. The number of fused-ring (bicyclic) bond motifs is 1. The SMILES string of the molecule is CN1CCN(c2ccc(C=Nc3sc4c(c3C#N)CC[C@@H](C(C)(C)C)C4)cc2[N+](=O)[O-])CC1. The van der Waals surface area contributed by atoms with E-state index in [9.17, 15) is 15.4 Å². The summed E-state index contributed by atoms with van der Waals surface area (Å²) in [6, 6.07) is 7.64. The van der Waals surface area contributed by atoms with Gasteiger partial charge in [-0.1, -0.05) is 26.8 Å². The second-order valence-corrected chi connectivity index (χ2v) is 11.2. The minimum atomic E-state index is -0.317. The van der Waals surface area contributed by atoms with Crippen molar-refractivity contribution in [3.05, 3.63) is 49.9 Å². The molecular weight excluding hydrogens is 434 g/mol. The van der Waals surface area contributed by atoms with Crippen LogP contribution in [-0.2, 0) is 12.8 Å². The first-order chi connectivity index (χ1) is 15.7. The second kappa shape index (κ2) is 9.24. The summed E-state index contributed by atoms with van der Waals surface area (Å²) >= 11 is 1.60. The molecule has 0 bridgehead atoms. The predicted octanol–water partition coefficient (Wildman–Crippen LogP) is 5.18. The Morgan fingerprint density at radius 2 is 2.00 bits per heavy atom. The van der Waals surface area contributed by atoms with Crippen molar-refractivity contribution in [2.75, 3.05) is 38.1 Å². The highest BCUT2D eigenvalue weighted by Crippen LogP contribution is 2.45. The maximum Gasteiger partial charge on any atom is 0.293 e.